The van der Waals surface area contributed by atoms with E-state index in [-0.39, 0.29) is 22.9 Å². The minimum absolute atomic E-state index is 0.105. The van der Waals surface area contributed by atoms with E-state index in [1.807, 2.05) is 13.8 Å². The number of halogens is 3. The maximum absolute atomic E-state index is 13.3. The predicted molar refractivity (Wildman–Crippen MR) is 112 cm³/mol. The Hall–Kier alpha value is -0.250. The molecule has 0 aliphatic heterocycles. The van der Waals surface area contributed by atoms with Crippen LogP contribution in [0, 0.1) is 46.3 Å². The highest BCUT2D eigenvalue weighted by molar-refractivity contribution is 5.10. The predicted octanol–water partition coefficient (Wildman–Crippen LogP) is 7.62. The topological polar surface area (TPSA) is 20.2 Å². The Labute approximate surface area is 176 Å². The van der Waals surface area contributed by atoms with Crippen molar-refractivity contribution < 1.29 is 18.3 Å². The third-order valence-corrected chi connectivity index (χ3v) is 10.1. The molecular formula is C25H43F3O. The Bertz CT molecular complexity index is 561. The second-order valence-corrected chi connectivity index (χ2v) is 10.9. The molecule has 29 heavy (non-hydrogen) atoms. The third kappa shape index (κ3) is 3.78. The normalized spacial score (nSPS) is 47.9. The number of hydrogen-bond acceptors (Lipinski definition) is 1. The quantitative estimate of drug-likeness (QED) is 0.491. The van der Waals surface area contributed by atoms with Crippen molar-refractivity contribution in [3.8, 4) is 0 Å². The first-order valence-corrected chi connectivity index (χ1v) is 12.4. The van der Waals surface area contributed by atoms with Crippen LogP contribution in [-0.2, 0) is 0 Å². The fourth-order valence-electron chi connectivity index (χ4n) is 8.51. The highest BCUT2D eigenvalue weighted by Gasteiger charge is 2.61. The molecule has 4 fully saturated rings. The van der Waals surface area contributed by atoms with Crippen LogP contribution in [0.15, 0.2) is 0 Å². The number of fused-ring (bicyclic) bond motifs is 5. The summed E-state index contributed by atoms with van der Waals surface area (Å²) in [5.41, 5.74) is 0.344. The van der Waals surface area contributed by atoms with Crippen LogP contribution < -0.4 is 0 Å². The highest BCUT2D eigenvalue weighted by atomic mass is 19.4. The Morgan fingerprint density at radius 2 is 1.52 bits per heavy atom. The lowest BCUT2D eigenvalue weighted by Crippen LogP contribution is -2.54. The van der Waals surface area contributed by atoms with Crippen molar-refractivity contribution >= 4 is 0 Å². The largest absolute Gasteiger partial charge is 0.393 e. The molecule has 0 spiro atoms. The molecule has 0 saturated heterocycles. The summed E-state index contributed by atoms with van der Waals surface area (Å²) < 4.78 is 39.9. The molecule has 1 nitrogen and oxygen atoms in total. The van der Waals surface area contributed by atoms with Crippen molar-refractivity contribution in [2.75, 3.05) is 0 Å². The molecule has 0 aromatic heterocycles. The SMILES string of the molecule is CC.CCC(O)C1CCC2C3CCC4CC(C(F)(F)F)CCC4(C)C3CCC12C. The van der Waals surface area contributed by atoms with Gasteiger partial charge in [-0.25, -0.2) is 0 Å². The lowest BCUT2D eigenvalue weighted by atomic mass is 9.44. The van der Waals surface area contributed by atoms with Gasteiger partial charge >= 0.3 is 6.18 Å². The van der Waals surface area contributed by atoms with Gasteiger partial charge in [-0.2, -0.15) is 13.2 Å². The van der Waals surface area contributed by atoms with Crippen LogP contribution in [0.1, 0.15) is 98.8 Å². The molecule has 170 valence electrons. The Balaban J connectivity index is 0.00000117. The van der Waals surface area contributed by atoms with Crippen LogP contribution in [-0.4, -0.2) is 17.4 Å². The zero-order chi connectivity index (χ0) is 21.6. The van der Waals surface area contributed by atoms with Crippen LogP contribution in [0.4, 0.5) is 13.2 Å². The summed E-state index contributed by atoms with van der Waals surface area (Å²) in [6, 6.07) is 0. The van der Waals surface area contributed by atoms with Gasteiger partial charge < -0.3 is 5.11 Å². The van der Waals surface area contributed by atoms with Gasteiger partial charge in [0, 0.05) is 0 Å². The fraction of sp³-hybridized carbons (Fsp3) is 1.00. The second-order valence-electron chi connectivity index (χ2n) is 10.9. The van der Waals surface area contributed by atoms with Crippen molar-refractivity contribution in [1.82, 2.24) is 0 Å². The van der Waals surface area contributed by atoms with E-state index in [0.29, 0.717) is 36.5 Å². The van der Waals surface area contributed by atoms with E-state index >= 15 is 0 Å². The van der Waals surface area contributed by atoms with Gasteiger partial charge in [0.15, 0.2) is 0 Å². The van der Waals surface area contributed by atoms with Crippen LogP contribution in [0.25, 0.3) is 0 Å². The van der Waals surface area contributed by atoms with Gasteiger partial charge in [-0.3, -0.25) is 0 Å². The Morgan fingerprint density at radius 3 is 2.14 bits per heavy atom. The highest BCUT2D eigenvalue weighted by Crippen LogP contribution is 2.68. The molecule has 0 radical (unpaired) electrons. The molecule has 0 amide bonds. The fourth-order valence-corrected chi connectivity index (χ4v) is 8.51. The van der Waals surface area contributed by atoms with Gasteiger partial charge in [0.25, 0.3) is 0 Å². The number of aliphatic hydroxyl groups is 1. The maximum atomic E-state index is 13.3. The molecular weight excluding hydrogens is 373 g/mol. The third-order valence-electron chi connectivity index (χ3n) is 10.1. The first kappa shape index (κ1) is 23.4. The maximum Gasteiger partial charge on any atom is 0.391 e. The van der Waals surface area contributed by atoms with E-state index in [1.165, 1.54) is 6.42 Å². The lowest BCUT2D eigenvalue weighted by molar-refractivity contribution is -0.208. The van der Waals surface area contributed by atoms with Crippen LogP contribution in [0.2, 0.25) is 0 Å². The molecule has 9 unspecified atom stereocenters. The van der Waals surface area contributed by atoms with Crippen LogP contribution >= 0.6 is 0 Å². The second kappa shape index (κ2) is 8.36. The van der Waals surface area contributed by atoms with Crippen molar-refractivity contribution in [3.05, 3.63) is 0 Å². The molecule has 4 saturated carbocycles. The van der Waals surface area contributed by atoms with Crippen LogP contribution in [0.3, 0.4) is 0 Å². The van der Waals surface area contributed by atoms with Crippen molar-refractivity contribution in [2.24, 2.45) is 46.3 Å². The molecule has 1 N–H and O–H groups in total. The molecule has 4 aliphatic carbocycles. The first-order valence-electron chi connectivity index (χ1n) is 12.4. The Morgan fingerprint density at radius 1 is 0.897 bits per heavy atom. The van der Waals surface area contributed by atoms with Crippen molar-refractivity contribution in [3.63, 3.8) is 0 Å². The number of alkyl halides is 3. The number of hydrogen-bond donors (Lipinski definition) is 1. The summed E-state index contributed by atoms with van der Waals surface area (Å²) in [6.07, 6.45) is 4.85. The number of rotatable bonds is 2. The lowest BCUT2D eigenvalue weighted by Gasteiger charge is -2.61. The van der Waals surface area contributed by atoms with Gasteiger partial charge in [-0.1, -0.05) is 34.6 Å². The van der Waals surface area contributed by atoms with Crippen LogP contribution in [0.5, 0.6) is 0 Å². The smallest absolute Gasteiger partial charge is 0.391 e. The number of aliphatic hydroxyl groups excluding tert-OH is 1. The van der Waals surface area contributed by atoms with E-state index < -0.39 is 12.1 Å². The molecule has 4 rings (SSSR count). The molecule has 0 aromatic rings. The van der Waals surface area contributed by atoms with Gasteiger partial charge in [0.1, 0.15) is 0 Å². The summed E-state index contributed by atoms with van der Waals surface area (Å²) >= 11 is 0. The van der Waals surface area contributed by atoms with Crippen molar-refractivity contribution in [2.45, 2.75) is 111 Å². The summed E-state index contributed by atoms with van der Waals surface area (Å²) in [4.78, 5) is 0. The molecule has 4 aliphatic rings. The van der Waals surface area contributed by atoms with Gasteiger partial charge in [-0.05, 0) is 105 Å². The molecule has 9 atom stereocenters. The minimum Gasteiger partial charge on any atom is -0.393 e. The van der Waals surface area contributed by atoms with E-state index in [0.717, 1.165) is 44.9 Å². The average molecular weight is 417 g/mol. The zero-order valence-electron chi connectivity index (χ0n) is 19.2. The minimum atomic E-state index is -4.02. The molecule has 0 heterocycles. The van der Waals surface area contributed by atoms with Gasteiger partial charge in [-0.15, -0.1) is 0 Å². The van der Waals surface area contributed by atoms with E-state index in [4.69, 9.17) is 0 Å². The van der Waals surface area contributed by atoms with Crippen molar-refractivity contribution in [1.29, 1.82) is 0 Å². The van der Waals surface area contributed by atoms with E-state index in [2.05, 4.69) is 20.8 Å². The summed E-state index contributed by atoms with van der Waals surface area (Å²) in [7, 11) is 0. The van der Waals surface area contributed by atoms with Gasteiger partial charge in [0.05, 0.1) is 12.0 Å². The molecule has 0 bridgehead atoms. The average Bonchev–Trinajstić information content (AvgIpc) is 3.04. The van der Waals surface area contributed by atoms with Gasteiger partial charge in [0.2, 0.25) is 0 Å². The standard InChI is InChI=1S/C23H37F3O.C2H6/c1-4-20(27)19-8-7-17-16-6-5-14-13-15(23(24,25)26)9-11-21(14,2)18(16)10-12-22(17,19)3;1-2/h14-20,27H,4-13H2,1-3H3;1-2H3. The monoisotopic (exact) mass is 416 g/mol. The zero-order valence-corrected chi connectivity index (χ0v) is 19.2. The summed E-state index contributed by atoms with van der Waals surface area (Å²) in [5, 5.41) is 10.6. The molecule has 4 heteroatoms. The summed E-state index contributed by atoms with van der Waals surface area (Å²) in [6.45, 7) is 10.8. The summed E-state index contributed by atoms with van der Waals surface area (Å²) in [5.74, 6) is 1.53. The van der Waals surface area contributed by atoms with E-state index in [1.54, 1.807) is 0 Å². The van der Waals surface area contributed by atoms with E-state index in [9.17, 15) is 18.3 Å². The molecule has 0 aromatic carbocycles. The first-order chi connectivity index (χ1) is 13.6. The Kier molecular flexibility index (Phi) is 6.75.